The highest BCUT2D eigenvalue weighted by atomic mass is 16.5. The molecule has 1 aromatic carbocycles. The Balaban J connectivity index is 3.08. The lowest BCUT2D eigenvalue weighted by molar-refractivity contribution is 0.187. The van der Waals surface area contributed by atoms with Crippen LogP contribution in [0.4, 0.5) is 10.5 Å². The second-order valence-corrected chi connectivity index (χ2v) is 4.77. The zero-order chi connectivity index (χ0) is 13.0. The smallest absolute Gasteiger partial charge is 0.411 e. The Kier molecular flexibility index (Phi) is 4.55. The van der Waals surface area contributed by atoms with E-state index in [1.165, 1.54) is 12.7 Å². The van der Waals surface area contributed by atoms with Crippen molar-refractivity contribution in [2.75, 3.05) is 12.4 Å². The van der Waals surface area contributed by atoms with Crippen molar-refractivity contribution in [1.82, 2.24) is 0 Å². The number of hydrogen-bond donors (Lipinski definition) is 1. The number of amides is 1. The Morgan fingerprint density at radius 3 is 2.29 bits per heavy atom. The van der Waals surface area contributed by atoms with Gasteiger partial charge in [0.25, 0.3) is 0 Å². The molecule has 0 radical (unpaired) electrons. The molecule has 0 heterocycles. The summed E-state index contributed by atoms with van der Waals surface area (Å²) in [5.74, 6) is 0.848. The molecule has 0 atom stereocenters. The van der Waals surface area contributed by atoms with Crippen LogP contribution in [0.1, 0.15) is 50.7 Å². The minimum Gasteiger partial charge on any atom is -0.453 e. The first-order chi connectivity index (χ1) is 7.95. The summed E-state index contributed by atoms with van der Waals surface area (Å²) in [6.45, 7) is 8.55. The number of anilines is 1. The summed E-state index contributed by atoms with van der Waals surface area (Å²) in [5, 5.41) is 2.75. The summed E-state index contributed by atoms with van der Waals surface area (Å²) >= 11 is 0. The maximum Gasteiger partial charge on any atom is 0.411 e. The highest BCUT2D eigenvalue weighted by Gasteiger charge is 2.11. The van der Waals surface area contributed by atoms with Gasteiger partial charge in [0.15, 0.2) is 0 Å². The number of nitrogens with one attached hydrogen (secondary N) is 1. The van der Waals surface area contributed by atoms with Crippen LogP contribution in [0.2, 0.25) is 0 Å². The first kappa shape index (κ1) is 13.6. The molecule has 17 heavy (non-hydrogen) atoms. The summed E-state index contributed by atoms with van der Waals surface area (Å²) in [6.07, 6.45) is -0.427. The van der Waals surface area contributed by atoms with Gasteiger partial charge in [-0.2, -0.15) is 0 Å². The summed E-state index contributed by atoms with van der Waals surface area (Å²) < 4.78 is 4.62. The Morgan fingerprint density at radius 1 is 1.18 bits per heavy atom. The molecule has 1 aromatic rings. The third-order valence-electron chi connectivity index (χ3n) is 2.79. The van der Waals surface area contributed by atoms with Gasteiger partial charge in [0, 0.05) is 5.69 Å². The van der Waals surface area contributed by atoms with Crippen LogP contribution < -0.4 is 5.32 Å². The van der Waals surface area contributed by atoms with E-state index in [0.717, 1.165) is 11.3 Å². The highest BCUT2D eigenvalue weighted by molar-refractivity contribution is 5.85. The van der Waals surface area contributed by atoms with Gasteiger partial charge < -0.3 is 4.74 Å². The van der Waals surface area contributed by atoms with Crippen LogP contribution in [0.15, 0.2) is 18.2 Å². The first-order valence-electron chi connectivity index (χ1n) is 5.94. The molecule has 3 nitrogen and oxygen atoms in total. The van der Waals surface area contributed by atoms with Crippen molar-refractivity contribution in [2.45, 2.75) is 39.5 Å². The Morgan fingerprint density at radius 2 is 1.82 bits per heavy atom. The second kappa shape index (κ2) is 5.71. The molecule has 0 aliphatic heterocycles. The minimum atomic E-state index is -0.427. The standard InChI is InChI=1S/C14H21NO2/c1-9(2)11-6-7-13(15-14(16)17-5)12(8-11)10(3)4/h6-10H,1-5H3,(H,15,16). The second-order valence-electron chi connectivity index (χ2n) is 4.77. The van der Waals surface area contributed by atoms with Gasteiger partial charge in [0.05, 0.1) is 7.11 Å². The number of ether oxygens (including phenoxy) is 1. The third-order valence-corrected chi connectivity index (χ3v) is 2.79. The van der Waals surface area contributed by atoms with Crippen LogP contribution in [0.5, 0.6) is 0 Å². The van der Waals surface area contributed by atoms with Crippen LogP contribution in [0.3, 0.4) is 0 Å². The number of methoxy groups -OCH3 is 1. The van der Waals surface area contributed by atoms with Crippen LogP contribution in [0, 0.1) is 0 Å². The van der Waals surface area contributed by atoms with Crippen LogP contribution >= 0.6 is 0 Å². The number of carbonyl (C=O) groups excluding carboxylic acids is 1. The van der Waals surface area contributed by atoms with E-state index in [0.29, 0.717) is 11.8 Å². The fourth-order valence-electron chi connectivity index (χ4n) is 1.69. The van der Waals surface area contributed by atoms with E-state index in [4.69, 9.17) is 0 Å². The predicted octanol–water partition coefficient (Wildman–Crippen LogP) is 4.11. The third kappa shape index (κ3) is 3.48. The Bertz CT molecular complexity index is 397. The molecule has 0 saturated heterocycles. The van der Waals surface area contributed by atoms with Crippen molar-refractivity contribution < 1.29 is 9.53 Å². The van der Waals surface area contributed by atoms with Crippen molar-refractivity contribution in [1.29, 1.82) is 0 Å². The molecule has 0 aromatic heterocycles. The lowest BCUT2D eigenvalue weighted by atomic mass is 9.94. The number of hydrogen-bond acceptors (Lipinski definition) is 2. The van der Waals surface area contributed by atoms with Crippen molar-refractivity contribution in [3.63, 3.8) is 0 Å². The maximum atomic E-state index is 11.2. The molecule has 0 aliphatic carbocycles. The van der Waals surface area contributed by atoms with E-state index in [1.807, 2.05) is 12.1 Å². The lowest BCUT2D eigenvalue weighted by Crippen LogP contribution is -2.13. The summed E-state index contributed by atoms with van der Waals surface area (Å²) in [5.41, 5.74) is 3.25. The van der Waals surface area contributed by atoms with E-state index in [1.54, 1.807) is 0 Å². The average molecular weight is 235 g/mol. The molecule has 94 valence electrons. The SMILES string of the molecule is COC(=O)Nc1ccc(C(C)C)cc1C(C)C. The molecular weight excluding hydrogens is 214 g/mol. The molecule has 3 heteroatoms. The van der Waals surface area contributed by atoms with E-state index in [2.05, 4.69) is 43.8 Å². The molecule has 0 aliphatic rings. The zero-order valence-corrected chi connectivity index (χ0v) is 11.2. The van der Waals surface area contributed by atoms with Gasteiger partial charge in [-0.05, 0) is 29.0 Å². The van der Waals surface area contributed by atoms with E-state index in [-0.39, 0.29) is 0 Å². The maximum absolute atomic E-state index is 11.2. The van der Waals surface area contributed by atoms with Crippen LogP contribution in [0.25, 0.3) is 0 Å². The molecule has 0 fully saturated rings. The molecule has 0 saturated carbocycles. The summed E-state index contributed by atoms with van der Waals surface area (Å²) in [4.78, 5) is 11.2. The fourth-order valence-corrected chi connectivity index (χ4v) is 1.69. The quantitative estimate of drug-likeness (QED) is 0.856. The van der Waals surface area contributed by atoms with Gasteiger partial charge in [-0.1, -0.05) is 39.8 Å². The number of benzene rings is 1. The fraction of sp³-hybridized carbons (Fsp3) is 0.500. The molecule has 0 spiro atoms. The monoisotopic (exact) mass is 235 g/mol. The van der Waals surface area contributed by atoms with E-state index >= 15 is 0 Å². The van der Waals surface area contributed by atoms with Crippen LogP contribution in [-0.4, -0.2) is 13.2 Å². The van der Waals surface area contributed by atoms with Gasteiger partial charge in [-0.25, -0.2) is 4.79 Å². The van der Waals surface area contributed by atoms with Gasteiger partial charge in [-0.15, -0.1) is 0 Å². The lowest BCUT2D eigenvalue weighted by Gasteiger charge is -2.16. The highest BCUT2D eigenvalue weighted by Crippen LogP contribution is 2.28. The topological polar surface area (TPSA) is 38.3 Å². The largest absolute Gasteiger partial charge is 0.453 e. The molecule has 1 amide bonds. The molecule has 0 bridgehead atoms. The Labute approximate surface area is 103 Å². The summed E-state index contributed by atoms with van der Waals surface area (Å²) in [6, 6.07) is 6.14. The normalized spacial score (nSPS) is 10.8. The summed E-state index contributed by atoms with van der Waals surface area (Å²) in [7, 11) is 1.37. The van der Waals surface area contributed by atoms with Crippen LogP contribution in [-0.2, 0) is 4.74 Å². The molecule has 0 unspecified atom stereocenters. The van der Waals surface area contributed by atoms with Gasteiger partial charge in [-0.3, -0.25) is 5.32 Å². The van der Waals surface area contributed by atoms with Crippen molar-refractivity contribution in [3.8, 4) is 0 Å². The molecular formula is C14H21NO2. The molecule has 1 rings (SSSR count). The average Bonchev–Trinajstić information content (AvgIpc) is 2.28. The van der Waals surface area contributed by atoms with Crippen molar-refractivity contribution in [3.05, 3.63) is 29.3 Å². The van der Waals surface area contributed by atoms with Crippen molar-refractivity contribution >= 4 is 11.8 Å². The number of rotatable bonds is 3. The van der Waals surface area contributed by atoms with Gasteiger partial charge in [0.2, 0.25) is 0 Å². The zero-order valence-electron chi connectivity index (χ0n) is 11.2. The van der Waals surface area contributed by atoms with E-state index < -0.39 is 6.09 Å². The van der Waals surface area contributed by atoms with Gasteiger partial charge >= 0.3 is 6.09 Å². The van der Waals surface area contributed by atoms with Gasteiger partial charge in [0.1, 0.15) is 0 Å². The predicted molar refractivity (Wildman–Crippen MR) is 70.6 cm³/mol. The minimum absolute atomic E-state index is 0.362. The van der Waals surface area contributed by atoms with Crippen molar-refractivity contribution in [2.24, 2.45) is 0 Å². The first-order valence-corrected chi connectivity index (χ1v) is 5.94. The van der Waals surface area contributed by atoms with E-state index in [9.17, 15) is 4.79 Å². The Hall–Kier alpha value is -1.51. The number of carbonyl (C=O) groups is 1. The molecule has 1 N–H and O–H groups in total.